The zero-order chi connectivity index (χ0) is 19.8. The smallest absolute Gasteiger partial charge is 0.405 e. The van der Waals surface area contributed by atoms with Crippen LogP contribution >= 0.6 is 0 Å². The van der Waals surface area contributed by atoms with Gasteiger partial charge in [0.2, 0.25) is 6.29 Å². The van der Waals surface area contributed by atoms with Crippen molar-refractivity contribution < 1.29 is 38.4 Å². The molecule has 1 amide bonds. The zero-order valence-corrected chi connectivity index (χ0v) is 15.3. The Labute approximate surface area is 156 Å². The summed E-state index contributed by atoms with van der Waals surface area (Å²) >= 11 is 0. The molecule has 4 unspecified atom stereocenters. The summed E-state index contributed by atoms with van der Waals surface area (Å²) in [6.07, 6.45) is -4.75. The number of carbonyl (C=O) groups excluding carboxylic acids is 2. The molecule has 0 aliphatic carbocycles. The van der Waals surface area contributed by atoms with E-state index in [0.717, 1.165) is 5.56 Å². The molecule has 2 aliphatic rings. The van der Waals surface area contributed by atoms with Crippen LogP contribution in [0.25, 0.3) is 0 Å². The van der Waals surface area contributed by atoms with Crippen LogP contribution in [0.5, 0.6) is 11.5 Å². The van der Waals surface area contributed by atoms with Gasteiger partial charge in [-0.1, -0.05) is 12.1 Å². The van der Waals surface area contributed by atoms with E-state index in [2.05, 4.69) is 0 Å². The van der Waals surface area contributed by atoms with Crippen molar-refractivity contribution in [1.82, 2.24) is 0 Å². The number of nitrogens with two attached hydrogens (primary N) is 1. The number of aliphatic hydroxyl groups excluding tert-OH is 1. The molecular formula is C18H23NO8. The molecule has 1 aromatic carbocycles. The van der Waals surface area contributed by atoms with Gasteiger partial charge < -0.3 is 34.5 Å². The predicted octanol–water partition coefficient (Wildman–Crippen LogP) is 0.892. The minimum absolute atomic E-state index is 0.238. The number of esters is 1. The molecule has 9 heteroatoms. The molecule has 4 atom stereocenters. The fourth-order valence-electron chi connectivity index (χ4n) is 3.45. The first-order valence-corrected chi connectivity index (χ1v) is 8.57. The van der Waals surface area contributed by atoms with Crippen molar-refractivity contribution >= 4 is 12.1 Å². The van der Waals surface area contributed by atoms with Crippen LogP contribution in [-0.4, -0.2) is 54.5 Å². The molecule has 3 rings (SSSR count). The highest BCUT2D eigenvalue weighted by molar-refractivity contribution is 5.76. The number of para-hydroxylation sites is 1. The van der Waals surface area contributed by atoms with Gasteiger partial charge in [-0.05, 0) is 31.9 Å². The van der Waals surface area contributed by atoms with Gasteiger partial charge in [-0.3, -0.25) is 4.79 Å². The van der Waals surface area contributed by atoms with Crippen molar-refractivity contribution in [1.29, 1.82) is 0 Å². The average molecular weight is 381 g/mol. The van der Waals surface area contributed by atoms with Gasteiger partial charge >= 0.3 is 12.1 Å². The molecule has 0 saturated carbocycles. The highest BCUT2D eigenvalue weighted by atomic mass is 16.7. The van der Waals surface area contributed by atoms with E-state index in [1.54, 1.807) is 26.0 Å². The molecule has 2 aliphatic heterocycles. The number of benzene rings is 1. The van der Waals surface area contributed by atoms with Crippen LogP contribution in [0.3, 0.4) is 0 Å². The summed E-state index contributed by atoms with van der Waals surface area (Å²) in [6.45, 7) is 3.42. The van der Waals surface area contributed by atoms with Gasteiger partial charge in [0.05, 0.1) is 12.0 Å². The normalized spacial score (nSPS) is 29.4. The third-order valence-corrected chi connectivity index (χ3v) is 4.64. The van der Waals surface area contributed by atoms with Gasteiger partial charge in [-0.2, -0.15) is 0 Å². The van der Waals surface area contributed by atoms with Gasteiger partial charge in [0.25, 0.3) is 0 Å². The van der Waals surface area contributed by atoms with Gasteiger partial charge in [-0.25, -0.2) is 4.79 Å². The first-order chi connectivity index (χ1) is 12.7. The van der Waals surface area contributed by atoms with E-state index in [4.69, 9.17) is 29.4 Å². The third kappa shape index (κ3) is 3.85. The van der Waals surface area contributed by atoms with Crippen molar-refractivity contribution in [3.8, 4) is 11.5 Å². The number of rotatable bonds is 4. The third-order valence-electron chi connectivity index (χ3n) is 4.64. The second-order valence-electron chi connectivity index (χ2n) is 6.97. The van der Waals surface area contributed by atoms with E-state index in [1.807, 2.05) is 6.07 Å². The number of aliphatic hydroxyl groups is 1. The number of amides is 1. The largest absolute Gasteiger partial charge is 0.457 e. The van der Waals surface area contributed by atoms with Crippen LogP contribution in [0.15, 0.2) is 18.2 Å². The van der Waals surface area contributed by atoms with E-state index < -0.39 is 36.3 Å². The van der Waals surface area contributed by atoms with Crippen molar-refractivity contribution in [2.75, 3.05) is 7.11 Å². The SMILES string of the molecule is COC1C(O)C(OC(N)=O)C(Oc2cccc3c2OC(=O)CC3)OC1(C)C. The molecule has 1 saturated heterocycles. The highest BCUT2D eigenvalue weighted by Crippen LogP contribution is 2.39. The standard InChI is InChI=1S/C18H23NO8/c1-18(2)15(23-3)12(21)14(26-17(19)22)16(27-18)24-10-6-4-5-9-7-8-11(20)25-13(9)10/h4-6,12,14-16,21H,7-8H2,1-3H3,(H2,19,22). The fourth-order valence-corrected chi connectivity index (χ4v) is 3.45. The minimum Gasteiger partial charge on any atom is -0.457 e. The van der Waals surface area contributed by atoms with Gasteiger partial charge in [0, 0.05) is 7.11 Å². The Kier molecular flexibility index (Phi) is 5.27. The van der Waals surface area contributed by atoms with Crippen LogP contribution in [-0.2, 0) is 25.4 Å². The number of hydrogen-bond donors (Lipinski definition) is 2. The summed E-state index contributed by atoms with van der Waals surface area (Å²) in [5.74, 6) is 0.159. The lowest BCUT2D eigenvalue weighted by molar-refractivity contribution is -0.304. The Morgan fingerprint density at radius 3 is 2.74 bits per heavy atom. The molecule has 2 heterocycles. The van der Waals surface area contributed by atoms with Crippen LogP contribution in [0, 0.1) is 0 Å². The number of methoxy groups -OCH3 is 1. The van der Waals surface area contributed by atoms with Crippen molar-refractivity contribution in [2.45, 2.75) is 56.9 Å². The summed E-state index contributed by atoms with van der Waals surface area (Å²) in [4.78, 5) is 23.0. The van der Waals surface area contributed by atoms with Crippen LogP contribution in [0.1, 0.15) is 25.8 Å². The molecule has 0 radical (unpaired) electrons. The first kappa shape index (κ1) is 19.4. The summed E-state index contributed by atoms with van der Waals surface area (Å²) in [6, 6.07) is 5.18. The minimum atomic E-state index is -1.25. The summed E-state index contributed by atoms with van der Waals surface area (Å²) in [5.41, 5.74) is 4.98. The average Bonchev–Trinajstić information content (AvgIpc) is 2.58. The van der Waals surface area contributed by atoms with Crippen molar-refractivity contribution in [2.24, 2.45) is 5.73 Å². The zero-order valence-electron chi connectivity index (χ0n) is 15.3. The van der Waals surface area contributed by atoms with Crippen LogP contribution < -0.4 is 15.2 Å². The Bertz CT molecular complexity index is 734. The molecule has 148 valence electrons. The van der Waals surface area contributed by atoms with Crippen LogP contribution in [0.4, 0.5) is 4.79 Å². The number of ether oxygens (including phenoxy) is 5. The number of primary amides is 1. The van der Waals surface area contributed by atoms with E-state index in [0.29, 0.717) is 6.42 Å². The molecule has 1 aromatic rings. The predicted molar refractivity (Wildman–Crippen MR) is 91.2 cm³/mol. The first-order valence-electron chi connectivity index (χ1n) is 8.57. The molecular weight excluding hydrogens is 358 g/mol. The number of aryl methyl sites for hydroxylation is 1. The Morgan fingerprint density at radius 1 is 1.33 bits per heavy atom. The topological polar surface area (TPSA) is 127 Å². The molecule has 0 bridgehead atoms. The van der Waals surface area contributed by atoms with Gasteiger partial charge in [0.1, 0.15) is 12.2 Å². The lowest BCUT2D eigenvalue weighted by atomic mass is 9.89. The monoisotopic (exact) mass is 381 g/mol. The van der Waals surface area contributed by atoms with Gasteiger partial charge in [0.15, 0.2) is 17.6 Å². The second-order valence-corrected chi connectivity index (χ2v) is 6.97. The van der Waals surface area contributed by atoms with Crippen LogP contribution in [0.2, 0.25) is 0 Å². The second kappa shape index (κ2) is 7.34. The highest BCUT2D eigenvalue weighted by Gasteiger charge is 2.53. The summed E-state index contributed by atoms with van der Waals surface area (Å²) < 4.78 is 27.4. The maximum atomic E-state index is 11.7. The maximum Gasteiger partial charge on any atom is 0.405 e. The lowest BCUT2D eigenvalue weighted by Gasteiger charge is -2.47. The lowest BCUT2D eigenvalue weighted by Crippen LogP contribution is -2.65. The Morgan fingerprint density at radius 2 is 2.07 bits per heavy atom. The van der Waals surface area contributed by atoms with E-state index >= 15 is 0 Å². The molecule has 0 spiro atoms. The summed E-state index contributed by atoms with van der Waals surface area (Å²) in [7, 11) is 1.41. The quantitative estimate of drug-likeness (QED) is 0.582. The Hall–Kier alpha value is -2.36. The van der Waals surface area contributed by atoms with Crippen molar-refractivity contribution in [3.05, 3.63) is 23.8 Å². The molecule has 3 N–H and O–H groups in total. The maximum absolute atomic E-state index is 11.7. The molecule has 1 fully saturated rings. The van der Waals surface area contributed by atoms with Gasteiger partial charge in [-0.15, -0.1) is 0 Å². The van der Waals surface area contributed by atoms with E-state index in [9.17, 15) is 14.7 Å². The number of hydrogen-bond acceptors (Lipinski definition) is 8. The van der Waals surface area contributed by atoms with E-state index in [1.165, 1.54) is 7.11 Å². The molecule has 27 heavy (non-hydrogen) atoms. The Balaban J connectivity index is 1.92. The molecule has 0 aromatic heterocycles. The van der Waals surface area contributed by atoms with Crippen molar-refractivity contribution in [3.63, 3.8) is 0 Å². The number of fused-ring (bicyclic) bond motifs is 1. The molecule has 9 nitrogen and oxygen atoms in total. The van der Waals surface area contributed by atoms with E-state index in [-0.39, 0.29) is 23.9 Å². The number of carbonyl (C=O) groups is 2. The summed E-state index contributed by atoms with van der Waals surface area (Å²) in [5, 5.41) is 10.6. The fraction of sp³-hybridized carbons (Fsp3) is 0.556.